The SMILES string of the molecule is CCn1ccnc1CC(O)C=O. The second-order valence-electron chi connectivity index (χ2n) is 2.54. The van der Waals surface area contributed by atoms with Crippen molar-refractivity contribution in [3.05, 3.63) is 18.2 Å². The predicted molar refractivity (Wildman–Crippen MR) is 43.7 cm³/mol. The molecule has 0 spiro atoms. The Labute approximate surface area is 70.9 Å². The molecule has 0 saturated heterocycles. The molecular weight excluding hydrogens is 156 g/mol. The van der Waals surface area contributed by atoms with Crippen molar-refractivity contribution in [2.24, 2.45) is 0 Å². The molecule has 1 N–H and O–H groups in total. The number of carbonyl (C=O) groups excluding carboxylic acids is 1. The molecule has 1 aromatic heterocycles. The van der Waals surface area contributed by atoms with Crippen LogP contribution in [-0.4, -0.2) is 27.0 Å². The summed E-state index contributed by atoms with van der Waals surface area (Å²) in [5.74, 6) is 0.747. The van der Waals surface area contributed by atoms with Gasteiger partial charge in [-0.2, -0.15) is 0 Å². The fraction of sp³-hybridized carbons (Fsp3) is 0.500. The summed E-state index contributed by atoms with van der Waals surface area (Å²) in [6.45, 7) is 2.79. The third-order valence-corrected chi connectivity index (χ3v) is 1.69. The Morgan fingerprint density at radius 3 is 3.17 bits per heavy atom. The summed E-state index contributed by atoms with van der Waals surface area (Å²) in [5.41, 5.74) is 0. The van der Waals surface area contributed by atoms with Crippen molar-refractivity contribution in [2.45, 2.75) is 26.0 Å². The first kappa shape index (κ1) is 8.93. The number of hydrogen-bond acceptors (Lipinski definition) is 3. The summed E-state index contributed by atoms with van der Waals surface area (Å²) in [4.78, 5) is 14.2. The summed E-state index contributed by atoms with van der Waals surface area (Å²) in [5, 5.41) is 9.03. The average Bonchev–Trinajstić information content (AvgIpc) is 2.51. The Morgan fingerprint density at radius 2 is 2.58 bits per heavy atom. The fourth-order valence-electron chi connectivity index (χ4n) is 1.05. The van der Waals surface area contributed by atoms with E-state index in [1.54, 1.807) is 6.20 Å². The van der Waals surface area contributed by atoms with Gasteiger partial charge in [0.15, 0.2) is 0 Å². The normalized spacial score (nSPS) is 12.8. The van der Waals surface area contributed by atoms with E-state index in [4.69, 9.17) is 5.11 Å². The highest BCUT2D eigenvalue weighted by atomic mass is 16.3. The van der Waals surface area contributed by atoms with Crippen LogP contribution in [0.5, 0.6) is 0 Å². The van der Waals surface area contributed by atoms with Crippen LogP contribution in [0.3, 0.4) is 0 Å². The number of aryl methyl sites for hydroxylation is 1. The molecule has 1 rings (SSSR count). The average molecular weight is 168 g/mol. The number of hydrogen-bond donors (Lipinski definition) is 1. The van der Waals surface area contributed by atoms with Crippen molar-refractivity contribution in [3.63, 3.8) is 0 Å². The Morgan fingerprint density at radius 1 is 1.83 bits per heavy atom. The molecule has 12 heavy (non-hydrogen) atoms. The van der Waals surface area contributed by atoms with Gasteiger partial charge in [-0.3, -0.25) is 0 Å². The van der Waals surface area contributed by atoms with Crippen LogP contribution in [-0.2, 0) is 17.8 Å². The summed E-state index contributed by atoms with van der Waals surface area (Å²) in [6.07, 6.45) is 3.38. The highest BCUT2D eigenvalue weighted by molar-refractivity contribution is 5.55. The van der Waals surface area contributed by atoms with Crippen molar-refractivity contribution in [3.8, 4) is 0 Å². The molecule has 0 bridgehead atoms. The van der Waals surface area contributed by atoms with Crippen molar-refractivity contribution in [1.82, 2.24) is 9.55 Å². The van der Waals surface area contributed by atoms with E-state index in [9.17, 15) is 4.79 Å². The van der Waals surface area contributed by atoms with Crippen molar-refractivity contribution < 1.29 is 9.90 Å². The smallest absolute Gasteiger partial charge is 0.148 e. The molecule has 1 aromatic rings. The lowest BCUT2D eigenvalue weighted by molar-refractivity contribution is -0.114. The minimum absolute atomic E-state index is 0.296. The van der Waals surface area contributed by atoms with E-state index in [0.717, 1.165) is 12.4 Å². The topological polar surface area (TPSA) is 55.1 Å². The Bertz CT molecular complexity index is 257. The molecule has 0 radical (unpaired) electrons. The zero-order chi connectivity index (χ0) is 8.97. The molecule has 0 aliphatic heterocycles. The maximum Gasteiger partial charge on any atom is 0.148 e. The minimum atomic E-state index is -0.933. The van der Waals surface area contributed by atoms with Gasteiger partial charge in [0.2, 0.25) is 0 Å². The van der Waals surface area contributed by atoms with Gasteiger partial charge in [0.05, 0.1) is 0 Å². The van der Waals surface area contributed by atoms with Crippen LogP contribution in [0.1, 0.15) is 12.7 Å². The van der Waals surface area contributed by atoms with Gasteiger partial charge in [0, 0.05) is 25.4 Å². The van der Waals surface area contributed by atoms with Crippen LogP contribution in [0.4, 0.5) is 0 Å². The molecule has 0 saturated carbocycles. The van der Waals surface area contributed by atoms with E-state index >= 15 is 0 Å². The van der Waals surface area contributed by atoms with Gasteiger partial charge >= 0.3 is 0 Å². The molecule has 0 fully saturated rings. The molecular formula is C8H12N2O2. The number of nitrogens with zero attached hydrogens (tertiary/aromatic N) is 2. The minimum Gasteiger partial charge on any atom is -0.385 e. The Kier molecular flexibility index (Phi) is 2.99. The largest absolute Gasteiger partial charge is 0.385 e. The van der Waals surface area contributed by atoms with Gasteiger partial charge in [-0.15, -0.1) is 0 Å². The van der Waals surface area contributed by atoms with Crippen LogP contribution >= 0.6 is 0 Å². The van der Waals surface area contributed by atoms with Gasteiger partial charge in [-0.25, -0.2) is 4.98 Å². The maximum absolute atomic E-state index is 10.1. The lowest BCUT2D eigenvalue weighted by Gasteiger charge is -2.04. The maximum atomic E-state index is 10.1. The molecule has 1 heterocycles. The quantitative estimate of drug-likeness (QED) is 0.644. The number of imidazole rings is 1. The van der Waals surface area contributed by atoms with Crippen LogP contribution in [0.2, 0.25) is 0 Å². The standard InChI is InChI=1S/C8H12N2O2/c1-2-10-4-3-9-8(10)5-7(12)6-11/h3-4,6-7,12H,2,5H2,1H3. The number of aliphatic hydroxyl groups is 1. The van der Waals surface area contributed by atoms with E-state index in [2.05, 4.69) is 4.98 Å². The van der Waals surface area contributed by atoms with E-state index in [1.165, 1.54) is 0 Å². The lowest BCUT2D eigenvalue weighted by Crippen LogP contribution is -2.15. The van der Waals surface area contributed by atoms with Crippen LogP contribution in [0, 0.1) is 0 Å². The lowest BCUT2D eigenvalue weighted by atomic mass is 10.2. The summed E-state index contributed by atoms with van der Waals surface area (Å²) >= 11 is 0. The molecule has 66 valence electrons. The van der Waals surface area contributed by atoms with E-state index in [1.807, 2.05) is 17.7 Å². The summed E-state index contributed by atoms with van der Waals surface area (Å²) < 4.78 is 1.90. The number of carbonyl (C=O) groups is 1. The van der Waals surface area contributed by atoms with E-state index < -0.39 is 6.10 Å². The second kappa shape index (κ2) is 4.01. The van der Waals surface area contributed by atoms with Gasteiger partial charge < -0.3 is 14.5 Å². The van der Waals surface area contributed by atoms with Crippen LogP contribution in [0.25, 0.3) is 0 Å². The van der Waals surface area contributed by atoms with Gasteiger partial charge in [0.25, 0.3) is 0 Å². The zero-order valence-corrected chi connectivity index (χ0v) is 6.97. The van der Waals surface area contributed by atoms with Gasteiger partial charge in [0.1, 0.15) is 18.2 Å². The third kappa shape index (κ3) is 1.92. The van der Waals surface area contributed by atoms with Crippen molar-refractivity contribution in [1.29, 1.82) is 0 Å². The molecule has 0 amide bonds. The molecule has 1 unspecified atom stereocenters. The second-order valence-corrected chi connectivity index (χ2v) is 2.54. The molecule has 0 aliphatic rings. The summed E-state index contributed by atoms with van der Waals surface area (Å²) in [7, 11) is 0. The molecule has 1 atom stereocenters. The first-order chi connectivity index (χ1) is 5.77. The van der Waals surface area contributed by atoms with E-state index in [0.29, 0.717) is 12.7 Å². The third-order valence-electron chi connectivity index (χ3n) is 1.69. The number of aliphatic hydroxyl groups excluding tert-OH is 1. The first-order valence-corrected chi connectivity index (χ1v) is 3.91. The molecule has 4 nitrogen and oxygen atoms in total. The molecule has 0 aromatic carbocycles. The van der Waals surface area contributed by atoms with Crippen LogP contribution in [0.15, 0.2) is 12.4 Å². The number of aromatic nitrogens is 2. The van der Waals surface area contributed by atoms with Gasteiger partial charge in [-0.05, 0) is 6.92 Å². The number of rotatable bonds is 4. The van der Waals surface area contributed by atoms with Gasteiger partial charge in [-0.1, -0.05) is 0 Å². The first-order valence-electron chi connectivity index (χ1n) is 3.91. The molecule has 4 heteroatoms. The van der Waals surface area contributed by atoms with Crippen molar-refractivity contribution >= 4 is 6.29 Å². The predicted octanol–water partition coefficient (Wildman–Crippen LogP) is 0.00530. The monoisotopic (exact) mass is 168 g/mol. The summed E-state index contributed by atoms with van der Waals surface area (Å²) in [6, 6.07) is 0. The fourth-order valence-corrected chi connectivity index (χ4v) is 1.05. The Hall–Kier alpha value is -1.16. The highest BCUT2D eigenvalue weighted by Crippen LogP contribution is 2.00. The molecule has 0 aliphatic carbocycles. The number of aldehydes is 1. The van der Waals surface area contributed by atoms with Crippen LogP contribution < -0.4 is 0 Å². The van der Waals surface area contributed by atoms with Crippen molar-refractivity contribution in [2.75, 3.05) is 0 Å². The van der Waals surface area contributed by atoms with E-state index in [-0.39, 0.29) is 0 Å². The zero-order valence-electron chi connectivity index (χ0n) is 6.97. The Balaban J connectivity index is 2.67. The highest BCUT2D eigenvalue weighted by Gasteiger charge is 2.07.